The normalized spacial score (nSPS) is 20.8. The maximum Gasteiger partial charge on any atom is 0.256 e. The van der Waals surface area contributed by atoms with E-state index in [1.807, 2.05) is 24.9 Å². The number of aliphatic hydroxyl groups is 1. The Morgan fingerprint density at radius 3 is 2.77 bits per heavy atom. The second-order valence-corrected chi connectivity index (χ2v) is 7.10. The van der Waals surface area contributed by atoms with Gasteiger partial charge in [0.05, 0.1) is 12.2 Å². The lowest BCUT2D eigenvalue weighted by atomic mass is 9.90. The molecule has 1 aliphatic heterocycles. The highest BCUT2D eigenvalue weighted by Crippen LogP contribution is 2.25. The van der Waals surface area contributed by atoms with Crippen LogP contribution in [0.15, 0.2) is 34.9 Å². The summed E-state index contributed by atoms with van der Waals surface area (Å²) in [5, 5.41) is 14.8. The monoisotopic (exact) mass is 361 g/mol. The number of amides is 1. The van der Waals surface area contributed by atoms with Crippen LogP contribution in [0, 0.1) is 12.7 Å². The zero-order chi connectivity index (χ0) is 18.7. The van der Waals surface area contributed by atoms with Gasteiger partial charge in [-0.25, -0.2) is 4.39 Å². The minimum Gasteiger partial charge on any atom is -0.379 e. The summed E-state index contributed by atoms with van der Waals surface area (Å²) in [6.07, 6.45) is 1.14. The summed E-state index contributed by atoms with van der Waals surface area (Å²) in [5.74, 6) is 0.105. The van der Waals surface area contributed by atoms with Gasteiger partial charge >= 0.3 is 0 Å². The van der Waals surface area contributed by atoms with Gasteiger partial charge in [-0.2, -0.15) is 0 Å². The maximum atomic E-state index is 13.1. The Bertz CT molecular complexity index is 762. The van der Waals surface area contributed by atoms with Crippen LogP contribution >= 0.6 is 0 Å². The summed E-state index contributed by atoms with van der Waals surface area (Å²) in [5.41, 5.74) is 0.211. The lowest BCUT2D eigenvalue weighted by molar-refractivity contribution is -0.160. The number of aryl methyl sites for hydroxylation is 1. The van der Waals surface area contributed by atoms with Gasteiger partial charge in [0.15, 0.2) is 11.4 Å². The van der Waals surface area contributed by atoms with Crippen LogP contribution in [0.4, 0.5) is 4.39 Å². The number of likely N-dealkylation sites (tertiary alicyclic amines) is 1. The van der Waals surface area contributed by atoms with Crippen molar-refractivity contribution in [2.75, 3.05) is 20.1 Å². The van der Waals surface area contributed by atoms with E-state index < -0.39 is 5.60 Å². The predicted molar refractivity (Wildman–Crippen MR) is 93.6 cm³/mol. The van der Waals surface area contributed by atoms with Crippen LogP contribution in [0.25, 0.3) is 0 Å². The summed E-state index contributed by atoms with van der Waals surface area (Å²) < 4.78 is 18.2. The molecule has 1 aromatic carbocycles. The molecule has 2 aromatic rings. The fourth-order valence-corrected chi connectivity index (χ4v) is 3.43. The molecule has 2 heterocycles. The largest absolute Gasteiger partial charge is 0.379 e. The van der Waals surface area contributed by atoms with Crippen molar-refractivity contribution in [3.05, 3.63) is 53.2 Å². The highest BCUT2D eigenvalue weighted by Gasteiger charge is 2.42. The smallest absolute Gasteiger partial charge is 0.256 e. The number of rotatable bonds is 6. The predicted octanol–water partition coefficient (Wildman–Crippen LogP) is 2.11. The number of nitrogens with zero attached hydrogens (tertiary/aromatic N) is 3. The second-order valence-electron chi connectivity index (χ2n) is 7.10. The molecule has 0 bridgehead atoms. The average molecular weight is 361 g/mol. The third kappa shape index (κ3) is 4.28. The van der Waals surface area contributed by atoms with E-state index >= 15 is 0 Å². The molecule has 140 valence electrons. The standard InChI is InChI=1S/C19H24FN3O3/c1-14-10-17(26-21-14)12-22(2)13-19(25)8-3-9-23(18(19)24)11-15-4-6-16(20)7-5-15/h4-7,10,25H,3,8-9,11-13H2,1-2H3/t19-/m1/s1. The summed E-state index contributed by atoms with van der Waals surface area (Å²) in [6, 6.07) is 7.92. The Labute approximate surface area is 152 Å². The molecule has 1 N–H and O–H groups in total. The third-order valence-electron chi connectivity index (χ3n) is 4.62. The molecule has 7 heteroatoms. The van der Waals surface area contributed by atoms with Crippen molar-refractivity contribution in [1.82, 2.24) is 15.0 Å². The minimum atomic E-state index is -1.43. The Kier molecular flexibility index (Phi) is 5.38. The molecule has 6 nitrogen and oxygen atoms in total. The van der Waals surface area contributed by atoms with Crippen LogP contribution in [-0.4, -0.2) is 51.7 Å². The maximum absolute atomic E-state index is 13.1. The van der Waals surface area contributed by atoms with E-state index in [4.69, 9.17) is 4.52 Å². The molecule has 1 aromatic heterocycles. The third-order valence-corrected chi connectivity index (χ3v) is 4.62. The van der Waals surface area contributed by atoms with Gasteiger partial charge in [-0.3, -0.25) is 9.69 Å². The summed E-state index contributed by atoms with van der Waals surface area (Å²) in [7, 11) is 1.84. The minimum absolute atomic E-state index is 0.214. The number of halogens is 1. The van der Waals surface area contributed by atoms with Gasteiger partial charge < -0.3 is 14.5 Å². The van der Waals surface area contributed by atoms with Gasteiger partial charge in [0.1, 0.15) is 5.82 Å². The number of carbonyl (C=O) groups is 1. The summed E-state index contributed by atoms with van der Waals surface area (Å²) >= 11 is 0. The van der Waals surface area contributed by atoms with Gasteiger partial charge in [-0.1, -0.05) is 17.3 Å². The van der Waals surface area contributed by atoms with E-state index in [1.54, 1.807) is 17.0 Å². The topological polar surface area (TPSA) is 69.8 Å². The van der Waals surface area contributed by atoms with Crippen molar-refractivity contribution in [2.45, 2.75) is 38.5 Å². The van der Waals surface area contributed by atoms with Gasteiger partial charge in [0.2, 0.25) is 0 Å². The highest BCUT2D eigenvalue weighted by molar-refractivity contribution is 5.86. The summed E-state index contributed by atoms with van der Waals surface area (Å²) in [6.45, 7) is 3.48. The Morgan fingerprint density at radius 2 is 2.12 bits per heavy atom. The van der Waals surface area contributed by atoms with Crippen LogP contribution in [0.5, 0.6) is 0 Å². The first-order chi connectivity index (χ1) is 12.4. The van der Waals surface area contributed by atoms with Crippen LogP contribution in [0.3, 0.4) is 0 Å². The van der Waals surface area contributed by atoms with Crippen molar-refractivity contribution in [3.8, 4) is 0 Å². The molecule has 0 aliphatic carbocycles. The van der Waals surface area contributed by atoms with E-state index in [9.17, 15) is 14.3 Å². The van der Waals surface area contributed by atoms with Gasteiger partial charge in [0, 0.05) is 25.7 Å². The molecule has 1 saturated heterocycles. The molecule has 3 rings (SSSR count). The number of likely N-dealkylation sites (N-methyl/N-ethyl adjacent to an activating group) is 1. The number of carbonyl (C=O) groups excluding carboxylic acids is 1. The fourth-order valence-electron chi connectivity index (χ4n) is 3.43. The Balaban J connectivity index is 1.64. The number of hydrogen-bond acceptors (Lipinski definition) is 5. The molecular weight excluding hydrogens is 337 g/mol. The van der Waals surface area contributed by atoms with E-state index in [0.29, 0.717) is 31.8 Å². The van der Waals surface area contributed by atoms with E-state index in [2.05, 4.69) is 5.16 Å². The van der Waals surface area contributed by atoms with Crippen LogP contribution in [0.1, 0.15) is 29.9 Å². The summed E-state index contributed by atoms with van der Waals surface area (Å²) in [4.78, 5) is 16.4. The number of hydrogen-bond donors (Lipinski definition) is 1. The number of piperidine rings is 1. The van der Waals surface area contributed by atoms with Crippen LogP contribution < -0.4 is 0 Å². The number of benzene rings is 1. The van der Waals surface area contributed by atoms with Crippen molar-refractivity contribution in [1.29, 1.82) is 0 Å². The molecular formula is C19H24FN3O3. The van der Waals surface area contributed by atoms with Gasteiger partial charge in [-0.05, 0) is 44.5 Å². The SMILES string of the molecule is Cc1cc(CN(C)C[C@]2(O)CCCN(Cc3ccc(F)cc3)C2=O)on1. The zero-order valence-electron chi connectivity index (χ0n) is 15.1. The van der Waals surface area contributed by atoms with Crippen molar-refractivity contribution >= 4 is 5.91 Å². The van der Waals surface area contributed by atoms with Crippen LogP contribution in [-0.2, 0) is 17.9 Å². The molecule has 0 spiro atoms. The average Bonchev–Trinajstić information content (AvgIpc) is 2.98. The first-order valence-electron chi connectivity index (χ1n) is 8.73. The Morgan fingerprint density at radius 1 is 1.38 bits per heavy atom. The van der Waals surface area contributed by atoms with Gasteiger partial charge in [0.25, 0.3) is 5.91 Å². The van der Waals surface area contributed by atoms with Crippen molar-refractivity contribution in [2.24, 2.45) is 0 Å². The number of aromatic nitrogens is 1. The molecule has 26 heavy (non-hydrogen) atoms. The molecule has 0 saturated carbocycles. The molecule has 0 radical (unpaired) electrons. The second kappa shape index (κ2) is 7.55. The van der Waals surface area contributed by atoms with E-state index in [0.717, 1.165) is 17.7 Å². The first-order valence-corrected chi connectivity index (χ1v) is 8.73. The Hall–Kier alpha value is -2.25. The molecule has 1 fully saturated rings. The lowest BCUT2D eigenvalue weighted by Gasteiger charge is -2.40. The van der Waals surface area contributed by atoms with Crippen molar-refractivity contribution < 1.29 is 18.8 Å². The quantitative estimate of drug-likeness (QED) is 0.853. The highest BCUT2D eigenvalue weighted by atomic mass is 19.1. The van der Waals surface area contributed by atoms with E-state index in [1.165, 1.54) is 12.1 Å². The molecule has 1 amide bonds. The first kappa shape index (κ1) is 18.5. The zero-order valence-corrected chi connectivity index (χ0v) is 15.1. The van der Waals surface area contributed by atoms with Gasteiger partial charge in [-0.15, -0.1) is 0 Å². The molecule has 1 aliphatic rings. The van der Waals surface area contributed by atoms with Crippen LogP contribution in [0.2, 0.25) is 0 Å². The lowest BCUT2D eigenvalue weighted by Crippen LogP contribution is -2.57. The van der Waals surface area contributed by atoms with E-state index in [-0.39, 0.29) is 18.3 Å². The molecule has 1 atom stereocenters. The molecule has 0 unspecified atom stereocenters. The fraction of sp³-hybridized carbons (Fsp3) is 0.474. The van der Waals surface area contributed by atoms with Crippen molar-refractivity contribution in [3.63, 3.8) is 0 Å².